The summed E-state index contributed by atoms with van der Waals surface area (Å²) in [5.74, 6) is 2.22. The van der Waals surface area contributed by atoms with Crippen LogP contribution in [0.1, 0.15) is 36.8 Å². The van der Waals surface area contributed by atoms with Crippen LogP contribution in [0.2, 0.25) is 0 Å². The number of aromatic nitrogens is 2. The molecule has 0 saturated carbocycles. The van der Waals surface area contributed by atoms with Crippen molar-refractivity contribution in [2.45, 2.75) is 33.2 Å². The summed E-state index contributed by atoms with van der Waals surface area (Å²) in [6, 6.07) is 10.6. The first-order valence-corrected chi connectivity index (χ1v) is 7.70. The predicted molar refractivity (Wildman–Crippen MR) is 93.7 cm³/mol. The summed E-state index contributed by atoms with van der Waals surface area (Å²) in [5.41, 5.74) is 3.51. The molecule has 118 valence electrons. The predicted octanol–water partition coefficient (Wildman–Crippen LogP) is 3.61. The topological polar surface area (TPSA) is 32.3 Å². The Hall–Kier alpha value is -2.10. The lowest BCUT2D eigenvalue weighted by molar-refractivity contribution is 0.754. The Bertz CT molecular complexity index is 635. The molecule has 1 aromatic heterocycles. The first-order chi connectivity index (χ1) is 10.4. The second kappa shape index (κ2) is 6.77. The zero-order valence-electron chi connectivity index (χ0n) is 14.5. The van der Waals surface area contributed by atoms with Crippen LogP contribution in [0.4, 0.5) is 11.5 Å². The van der Waals surface area contributed by atoms with E-state index in [4.69, 9.17) is 4.98 Å². The molecule has 0 atom stereocenters. The number of aryl methyl sites for hydroxylation is 1. The van der Waals surface area contributed by atoms with Crippen molar-refractivity contribution in [3.05, 3.63) is 47.4 Å². The van der Waals surface area contributed by atoms with Gasteiger partial charge in [0, 0.05) is 51.1 Å². The fourth-order valence-electron chi connectivity index (χ4n) is 2.32. The van der Waals surface area contributed by atoms with E-state index >= 15 is 0 Å². The van der Waals surface area contributed by atoms with Gasteiger partial charge in [-0.2, -0.15) is 0 Å². The number of benzene rings is 1. The molecule has 22 heavy (non-hydrogen) atoms. The highest BCUT2D eigenvalue weighted by molar-refractivity contribution is 5.48. The summed E-state index contributed by atoms with van der Waals surface area (Å²) in [7, 11) is 6.20. The average Bonchev–Trinajstić information content (AvgIpc) is 2.46. The summed E-state index contributed by atoms with van der Waals surface area (Å²) >= 11 is 0. The fourth-order valence-corrected chi connectivity index (χ4v) is 2.32. The number of rotatable bonds is 5. The van der Waals surface area contributed by atoms with Gasteiger partial charge in [0.25, 0.3) is 0 Å². The van der Waals surface area contributed by atoms with Crippen LogP contribution in [0.25, 0.3) is 0 Å². The van der Waals surface area contributed by atoms with Crippen molar-refractivity contribution in [1.82, 2.24) is 9.97 Å². The van der Waals surface area contributed by atoms with Crippen molar-refractivity contribution in [1.29, 1.82) is 0 Å². The maximum atomic E-state index is 4.69. The second-order valence-electron chi connectivity index (χ2n) is 6.30. The first kappa shape index (κ1) is 16.3. The number of anilines is 2. The van der Waals surface area contributed by atoms with E-state index in [1.807, 2.05) is 13.0 Å². The molecule has 1 heterocycles. The Kier molecular flexibility index (Phi) is 5.01. The van der Waals surface area contributed by atoms with Gasteiger partial charge >= 0.3 is 0 Å². The monoisotopic (exact) mass is 298 g/mol. The van der Waals surface area contributed by atoms with Crippen molar-refractivity contribution in [2.75, 3.05) is 30.9 Å². The van der Waals surface area contributed by atoms with Crippen LogP contribution >= 0.6 is 0 Å². The van der Waals surface area contributed by atoms with Crippen LogP contribution in [0.15, 0.2) is 30.3 Å². The first-order valence-electron chi connectivity index (χ1n) is 7.70. The SMILES string of the molecule is Cc1cc(N(C)Cc2cccc(N(C)C)c2)nc(C(C)C)n1. The minimum atomic E-state index is 0.337. The van der Waals surface area contributed by atoms with Gasteiger partial charge in [-0.05, 0) is 24.6 Å². The molecule has 2 rings (SSSR count). The summed E-state index contributed by atoms with van der Waals surface area (Å²) < 4.78 is 0. The van der Waals surface area contributed by atoms with E-state index in [0.717, 1.165) is 23.9 Å². The van der Waals surface area contributed by atoms with Gasteiger partial charge in [-0.25, -0.2) is 9.97 Å². The summed E-state index contributed by atoms with van der Waals surface area (Å²) in [6.07, 6.45) is 0. The second-order valence-corrected chi connectivity index (χ2v) is 6.30. The molecule has 0 aliphatic carbocycles. The van der Waals surface area contributed by atoms with Gasteiger partial charge in [-0.1, -0.05) is 26.0 Å². The molecule has 4 nitrogen and oxygen atoms in total. The zero-order chi connectivity index (χ0) is 16.3. The highest BCUT2D eigenvalue weighted by atomic mass is 15.2. The van der Waals surface area contributed by atoms with E-state index in [9.17, 15) is 0 Å². The summed E-state index contributed by atoms with van der Waals surface area (Å²) in [5, 5.41) is 0. The largest absolute Gasteiger partial charge is 0.378 e. The maximum absolute atomic E-state index is 4.69. The molecule has 0 fully saturated rings. The number of hydrogen-bond donors (Lipinski definition) is 0. The lowest BCUT2D eigenvalue weighted by atomic mass is 10.1. The molecule has 0 bridgehead atoms. The van der Waals surface area contributed by atoms with Crippen LogP contribution in [0, 0.1) is 6.92 Å². The van der Waals surface area contributed by atoms with Crippen LogP contribution < -0.4 is 9.80 Å². The molecule has 0 unspecified atom stereocenters. The van der Waals surface area contributed by atoms with Crippen molar-refractivity contribution >= 4 is 11.5 Å². The molecule has 0 radical (unpaired) electrons. The molecular weight excluding hydrogens is 272 g/mol. The third kappa shape index (κ3) is 3.97. The van der Waals surface area contributed by atoms with Crippen molar-refractivity contribution in [2.24, 2.45) is 0 Å². The summed E-state index contributed by atoms with van der Waals surface area (Å²) in [4.78, 5) is 13.5. The molecule has 0 amide bonds. The van der Waals surface area contributed by atoms with E-state index < -0.39 is 0 Å². The van der Waals surface area contributed by atoms with Crippen molar-refractivity contribution in [3.8, 4) is 0 Å². The Balaban J connectivity index is 2.22. The Morgan fingerprint density at radius 2 is 1.77 bits per heavy atom. The quantitative estimate of drug-likeness (QED) is 0.844. The highest BCUT2D eigenvalue weighted by Gasteiger charge is 2.10. The number of nitrogens with zero attached hydrogens (tertiary/aromatic N) is 4. The van der Waals surface area contributed by atoms with Gasteiger partial charge in [0.2, 0.25) is 0 Å². The van der Waals surface area contributed by atoms with Gasteiger partial charge in [-0.3, -0.25) is 0 Å². The molecule has 4 heteroatoms. The van der Waals surface area contributed by atoms with Gasteiger partial charge in [0.15, 0.2) is 0 Å². The lowest BCUT2D eigenvalue weighted by Gasteiger charge is -2.21. The molecule has 0 aliphatic heterocycles. The van der Waals surface area contributed by atoms with E-state index in [1.54, 1.807) is 0 Å². The summed E-state index contributed by atoms with van der Waals surface area (Å²) in [6.45, 7) is 7.10. The third-order valence-corrected chi connectivity index (χ3v) is 3.61. The van der Waals surface area contributed by atoms with Crippen LogP contribution in [-0.4, -0.2) is 31.1 Å². The fraction of sp³-hybridized carbons (Fsp3) is 0.444. The highest BCUT2D eigenvalue weighted by Crippen LogP contribution is 2.20. The van der Waals surface area contributed by atoms with Gasteiger partial charge < -0.3 is 9.80 Å². The lowest BCUT2D eigenvalue weighted by Crippen LogP contribution is -2.19. The zero-order valence-corrected chi connectivity index (χ0v) is 14.5. The van der Waals surface area contributed by atoms with Gasteiger partial charge in [-0.15, -0.1) is 0 Å². The molecule has 2 aromatic rings. The molecule has 1 aromatic carbocycles. The third-order valence-electron chi connectivity index (χ3n) is 3.61. The van der Waals surface area contributed by atoms with Crippen LogP contribution in [0.3, 0.4) is 0 Å². The van der Waals surface area contributed by atoms with E-state index in [0.29, 0.717) is 5.92 Å². The molecule has 0 spiro atoms. The Morgan fingerprint density at radius 3 is 2.41 bits per heavy atom. The Labute approximate surface area is 133 Å². The smallest absolute Gasteiger partial charge is 0.133 e. The molecule has 0 saturated heterocycles. The molecule has 0 N–H and O–H groups in total. The number of hydrogen-bond acceptors (Lipinski definition) is 4. The standard InChI is InChI=1S/C18H26N4/c1-13(2)18-19-14(3)10-17(20-18)22(6)12-15-8-7-9-16(11-15)21(4)5/h7-11,13H,12H2,1-6H3. The van der Waals surface area contributed by atoms with E-state index in [-0.39, 0.29) is 0 Å². The molecule has 0 aliphatic rings. The van der Waals surface area contributed by atoms with Crippen LogP contribution in [-0.2, 0) is 6.54 Å². The van der Waals surface area contributed by atoms with Gasteiger partial charge in [0.05, 0.1) is 0 Å². The van der Waals surface area contributed by atoms with Crippen molar-refractivity contribution < 1.29 is 0 Å². The maximum Gasteiger partial charge on any atom is 0.133 e. The van der Waals surface area contributed by atoms with Gasteiger partial charge in [0.1, 0.15) is 11.6 Å². The van der Waals surface area contributed by atoms with E-state index in [1.165, 1.54) is 11.3 Å². The Morgan fingerprint density at radius 1 is 1.05 bits per heavy atom. The van der Waals surface area contributed by atoms with Crippen LogP contribution in [0.5, 0.6) is 0 Å². The molecular formula is C18H26N4. The minimum Gasteiger partial charge on any atom is -0.378 e. The average molecular weight is 298 g/mol. The van der Waals surface area contributed by atoms with E-state index in [2.05, 4.69) is 74.0 Å². The van der Waals surface area contributed by atoms with Crippen molar-refractivity contribution in [3.63, 3.8) is 0 Å². The minimum absolute atomic E-state index is 0.337. The normalized spacial score (nSPS) is 10.9.